The zero-order chi connectivity index (χ0) is 17.2. The van der Waals surface area contributed by atoms with Crippen LogP contribution in [-0.2, 0) is 0 Å². The maximum Gasteiger partial charge on any atom is 0.341 e. The second kappa shape index (κ2) is 6.68. The van der Waals surface area contributed by atoms with Crippen molar-refractivity contribution in [2.75, 3.05) is 10.6 Å². The lowest BCUT2D eigenvalue weighted by molar-refractivity contribution is 0.0698. The predicted molar refractivity (Wildman–Crippen MR) is 100.0 cm³/mol. The van der Waals surface area contributed by atoms with Gasteiger partial charge in [0, 0.05) is 17.9 Å². The molecule has 0 atom stereocenters. The van der Waals surface area contributed by atoms with Crippen molar-refractivity contribution in [3.63, 3.8) is 0 Å². The standard InChI is InChI=1S/C18H18N4O2S/c23-18(24)16-14(21-11-3-1-2-4-11)7-8-19-17(16)22-12-5-6-13-15(9-12)25-10-20-13/h5-11H,1-4H2,(H,23,24)(H2,19,21,22). The molecular weight excluding hydrogens is 336 g/mol. The maximum absolute atomic E-state index is 11.8. The second-order valence-electron chi connectivity index (χ2n) is 6.17. The SMILES string of the molecule is O=C(O)c1c(NC2CCCC2)ccnc1Nc1ccc2ncsc2c1. The first-order chi connectivity index (χ1) is 12.2. The Hall–Kier alpha value is -2.67. The molecule has 0 saturated heterocycles. The molecule has 0 bridgehead atoms. The fourth-order valence-electron chi connectivity index (χ4n) is 3.25. The average molecular weight is 354 g/mol. The van der Waals surface area contributed by atoms with Gasteiger partial charge in [-0.05, 0) is 37.1 Å². The topological polar surface area (TPSA) is 87.1 Å². The Balaban J connectivity index is 1.66. The number of thiazole rings is 1. The van der Waals surface area contributed by atoms with Gasteiger partial charge in [0.25, 0.3) is 0 Å². The number of anilines is 3. The molecule has 6 nitrogen and oxygen atoms in total. The number of carboxylic acids is 1. The number of nitrogens with one attached hydrogen (secondary N) is 2. The molecule has 2 aromatic heterocycles. The van der Waals surface area contributed by atoms with Crippen molar-refractivity contribution in [2.24, 2.45) is 0 Å². The number of fused-ring (bicyclic) bond motifs is 1. The summed E-state index contributed by atoms with van der Waals surface area (Å²) in [7, 11) is 0. The number of nitrogens with zero attached hydrogens (tertiary/aromatic N) is 2. The van der Waals surface area contributed by atoms with Gasteiger partial charge in [0.15, 0.2) is 0 Å². The average Bonchev–Trinajstić information content (AvgIpc) is 3.25. The largest absolute Gasteiger partial charge is 0.477 e. The molecule has 0 spiro atoms. The molecule has 2 heterocycles. The van der Waals surface area contributed by atoms with Crippen LogP contribution in [0.25, 0.3) is 10.2 Å². The van der Waals surface area contributed by atoms with Crippen LogP contribution in [0.15, 0.2) is 36.0 Å². The van der Waals surface area contributed by atoms with Crippen LogP contribution in [0.5, 0.6) is 0 Å². The lowest BCUT2D eigenvalue weighted by Crippen LogP contribution is -2.18. The summed E-state index contributed by atoms with van der Waals surface area (Å²) >= 11 is 1.55. The number of carbonyl (C=O) groups is 1. The quantitative estimate of drug-likeness (QED) is 0.626. The number of pyridine rings is 1. The van der Waals surface area contributed by atoms with Crippen LogP contribution in [0.3, 0.4) is 0 Å². The molecule has 7 heteroatoms. The van der Waals surface area contributed by atoms with Crippen molar-refractivity contribution in [3.8, 4) is 0 Å². The van der Waals surface area contributed by atoms with Crippen LogP contribution < -0.4 is 10.6 Å². The van der Waals surface area contributed by atoms with E-state index in [1.165, 1.54) is 12.8 Å². The summed E-state index contributed by atoms with van der Waals surface area (Å²) in [6.07, 6.45) is 6.16. The van der Waals surface area contributed by atoms with E-state index in [1.807, 2.05) is 18.2 Å². The zero-order valence-corrected chi connectivity index (χ0v) is 14.3. The monoisotopic (exact) mass is 354 g/mol. The normalized spacial score (nSPS) is 14.7. The third-order valence-electron chi connectivity index (χ3n) is 4.47. The van der Waals surface area contributed by atoms with Crippen molar-refractivity contribution in [3.05, 3.63) is 41.5 Å². The molecule has 0 unspecified atom stereocenters. The van der Waals surface area contributed by atoms with Gasteiger partial charge < -0.3 is 15.7 Å². The van der Waals surface area contributed by atoms with Gasteiger partial charge in [-0.2, -0.15) is 0 Å². The van der Waals surface area contributed by atoms with Crippen LogP contribution >= 0.6 is 11.3 Å². The molecule has 3 N–H and O–H groups in total. The molecule has 4 rings (SSSR count). The van der Waals surface area contributed by atoms with Crippen LogP contribution in [0.2, 0.25) is 0 Å². The molecule has 0 aliphatic heterocycles. The van der Waals surface area contributed by atoms with Gasteiger partial charge in [0.2, 0.25) is 0 Å². The molecule has 128 valence electrons. The summed E-state index contributed by atoms with van der Waals surface area (Å²) in [5, 5.41) is 16.2. The van der Waals surface area contributed by atoms with Crippen molar-refractivity contribution < 1.29 is 9.90 Å². The molecule has 1 saturated carbocycles. The maximum atomic E-state index is 11.8. The lowest BCUT2D eigenvalue weighted by Gasteiger charge is -2.17. The second-order valence-corrected chi connectivity index (χ2v) is 7.06. The highest BCUT2D eigenvalue weighted by molar-refractivity contribution is 7.16. The summed E-state index contributed by atoms with van der Waals surface area (Å²) < 4.78 is 1.04. The molecule has 1 aliphatic carbocycles. The number of carboxylic acid groups (broad SMARTS) is 1. The van der Waals surface area contributed by atoms with E-state index in [2.05, 4.69) is 20.6 Å². The van der Waals surface area contributed by atoms with Crippen molar-refractivity contribution in [1.29, 1.82) is 0 Å². The first-order valence-corrected chi connectivity index (χ1v) is 9.18. The minimum atomic E-state index is -0.991. The molecule has 1 fully saturated rings. The fraction of sp³-hybridized carbons (Fsp3) is 0.278. The van der Waals surface area contributed by atoms with Gasteiger partial charge in [0.1, 0.15) is 11.4 Å². The van der Waals surface area contributed by atoms with Gasteiger partial charge in [-0.3, -0.25) is 0 Å². The highest BCUT2D eigenvalue weighted by Crippen LogP contribution is 2.30. The number of hydrogen-bond acceptors (Lipinski definition) is 6. The number of aromatic carboxylic acids is 1. The van der Waals surface area contributed by atoms with E-state index in [4.69, 9.17) is 0 Å². The van der Waals surface area contributed by atoms with Crippen molar-refractivity contribution in [1.82, 2.24) is 9.97 Å². The molecule has 1 aliphatic rings. The van der Waals surface area contributed by atoms with Crippen LogP contribution in [0, 0.1) is 0 Å². The summed E-state index contributed by atoms with van der Waals surface area (Å²) in [4.78, 5) is 20.4. The fourth-order valence-corrected chi connectivity index (χ4v) is 3.97. The van der Waals surface area contributed by atoms with Crippen LogP contribution in [0.1, 0.15) is 36.0 Å². The zero-order valence-electron chi connectivity index (χ0n) is 13.5. The first-order valence-electron chi connectivity index (χ1n) is 8.30. The van der Waals surface area contributed by atoms with Gasteiger partial charge in [-0.25, -0.2) is 14.8 Å². The Morgan fingerprint density at radius 1 is 1.20 bits per heavy atom. The van der Waals surface area contributed by atoms with E-state index in [0.29, 0.717) is 17.5 Å². The van der Waals surface area contributed by atoms with Crippen LogP contribution in [-0.4, -0.2) is 27.1 Å². The minimum absolute atomic E-state index is 0.179. The summed E-state index contributed by atoms with van der Waals surface area (Å²) in [6.45, 7) is 0. The highest BCUT2D eigenvalue weighted by atomic mass is 32.1. The Morgan fingerprint density at radius 2 is 2.04 bits per heavy atom. The molecule has 25 heavy (non-hydrogen) atoms. The lowest BCUT2D eigenvalue weighted by atomic mass is 10.1. The highest BCUT2D eigenvalue weighted by Gasteiger charge is 2.21. The Labute approximate surface area is 148 Å². The van der Waals surface area contributed by atoms with Gasteiger partial charge in [0.05, 0.1) is 21.4 Å². The third-order valence-corrected chi connectivity index (χ3v) is 5.27. The van der Waals surface area contributed by atoms with Gasteiger partial charge in [-0.15, -0.1) is 11.3 Å². The summed E-state index contributed by atoms with van der Waals surface area (Å²) in [5.74, 6) is -0.644. The predicted octanol–water partition coefficient (Wildman–Crippen LogP) is 4.49. The molecular formula is C18H18N4O2S. The molecule has 0 radical (unpaired) electrons. The van der Waals surface area contributed by atoms with E-state index in [-0.39, 0.29) is 5.56 Å². The first kappa shape index (κ1) is 15.8. The van der Waals surface area contributed by atoms with Crippen molar-refractivity contribution in [2.45, 2.75) is 31.7 Å². The third kappa shape index (κ3) is 3.28. The van der Waals surface area contributed by atoms with E-state index in [1.54, 1.807) is 29.1 Å². The minimum Gasteiger partial charge on any atom is -0.477 e. The van der Waals surface area contributed by atoms with Crippen molar-refractivity contribution >= 4 is 44.7 Å². The van der Waals surface area contributed by atoms with E-state index in [0.717, 1.165) is 28.7 Å². The molecule has 3 aromatic rings. The Kier molecular flexibility index (Phi) is 4.23. The van der Waals surface area contributed by atoms with Gasteiger partial charge >= 0.3 is 5.97 Å². The van der Waals surface area contributed by atoms with E-state index >= 15 is 0 Å². The van der Waals surface area contributed by atoms with E-state index < -0.39 is 5.97 Å². The summed E-state index contributed by atoms with van der Waals surface area (Å²) in [6, 6.07) is 7.82. The number of aromatic nitrogens is 2. The Bertz CT molecular complexity index is 918. The smallest absolute Gasteiger partial charge is 0.341 e. The summed E-state index contributed by atoms with van der Waals surface area (Å²) in [5.41, 5.74) is 4.32. The molecule has 1 aromatic carbocycles. The Morgan fingerprint density at radius 3 is 2.84 bits per heavy atom. The number of benzene rings is 1. The number of hydrogen-bond donors (Lipinski definition) is 3. The number of rotatable bonds is 5. The van der Waals surface area contributed by atoms with E-state index in [9.17, 15) is 9.90 Å². The van der Waals surface area contributed by atoms with Gasteiger partial charge in [-0.1, -0.05) is 12.8 Å². The van der Waals surface area contributed by atoms with Crippen LogP contribution in [0.4, 0.5) is 17.2 Å². The molecule has 0 amide bonds.